The third kappa shape index (κ3) is 4.63. The second kappa shape index (κ2) is 7.69. The summed E-state index contributed by atoms with van der Waals surface area (Å²) in [6, 6.07) is 11.6. The van der Waals surface area contributed by atoms with Crippen LogP contribution in [0.25, 0.3) is 0 Å². The van der Waals surface area contributed by atoms with Crippen molar-refractivity contribution < 1.29 is 14.5 Å². The van der Waals surface area contributed by atoms with E-state index in [-0.39, 0.29) is 17.7 Å². The van der Waals surface area contributed by atoms with Crippen molar-refractivity contribution in [3.8, 4) is 0 Å². The highest BCUT2D eigenvalue weighted by atomic mass is 79.9. The summed E-state index contributed by atoms with van der Waals surface area (Å²) in [4.78, 5) is 34.0. The van der Waals surface area contributed by atoms with Gasteiger partial charge in [0.05, 0.1) is 4.92 Å². The van der Waals surface area contributed by atoms with Crippen molar-refractivity contribution in [1.29, 1.82) is 0 Å². The molecule has 7 nitrogen and oxygen atoms in total. The number of hydrogen-bond acceptors (Lipinski definition) is 4. The van der Waals surface area contributed by atoms with Gasteiger partial charge in [-0.3, -0.25) is 19.7 Å². The fourth-order valence-electron chi connectivity index (χ4n) is 2.08. The summed E-state index contributed by atoms with van der Waals surface area (Å²) in [6.45, 7) is 0. The maximum Gasteiger partial charge on any atom is 0.270 e. The summed E-state index contributed by atoms with van der Waals surface area (Å²) >= 11 is 3.31. The van der Waals surface area contributed by atoms with E-state index in [2.05, 4.69) is 21.2 Å². The minimum Gasteiger partial charge on any atom is -0.368 e. The molecule has 24 heavy (non-hydrogen) atoms. The highest BCUT2D eigenvalue weighted by molar-refractivity contribution is 9.10. The zero-order valence-corrected chi connectivity index (χ0v) is 14.0. The second-order valence-electron chi connectivity index (χ2n) is 5.07. The quantitative estimate of drug-likeness (QED) is 0.579. The highest BCUT2D eigenvalue weighted by Crippen LogP contribution is 2.14. The predicted molar refractivity (Wildman–Crippen MR) is 91.4 cm³/mol. The fraction of sp³-hybridized carbons (Fsp3) is 0.125. The molecule has 124 valence electrons. The first-order valence-electron chi connectivity index (χ1n) is 6.96. The number of carbonyl (C=O) groups excluding carboxylic acids is 2. The summed E-state index contributed by atoms with van der Waals surface area (Å²) < 4.78 is 0.891. The van der Waals surface area contributed by atoms with Crippen LogP contribution in [-0.4, -0.2) is 22.8 Å². The number of non-ortho nitro benzene ring substituents is 1. The number of nitrogens with two attached hydrogens (primary N) is 1. The number of primary amides is 1. The second-order valence-corrected chi connectivity index (χ2v) is 5.98. The lowest BCUT2D eigenvalue weighted by molar-refractivity contribution is -0.384. The number of hydrogen-bond donors (Lipinski definition) is 2. The van der Waals surface area contributed by atoms with Crippen molar-refractivity contribution in [3.05, 3.63) is 74.2 Å². The van der Waals surface area contributed by atoms with Gasteiger partial charge >= 0.3 is 0 Å². The Bertz CT molecular complexity index is 777. The molecule has 0 unspecified atom stereocenters. The van der Waals surface area contributed by atoms with Crippen LogP contribution in [0.15, 0.2) is 53.0 Å². The maximum absolute atomic E-state index is 12.2. The fourth-order valence-corrected chi connectivity index (χ4v) is 2.35. The number of nitrogens with zero attached hydrogens (tertiary/aromatic N) is 1. The molecule has 0 aliphatic carbocycles. The van der Waals surface area contributed by atoms with E-state index in [0.717, 1.165) is 16.1 Å². The van der Waals surface area contributed by atoms with Gasteiger partial charge in [-0.1, -0.05) is 34.1 Å². The number of nitrogens with one attached hydrogen (secondary N) is 1. The molecular formula is C16H14BrN3O4. The summed E-state index contributed by atoms with van der Waals surface area (Å²) in [5, 5.41) is 13.3. The number of amides is 2. The lowest BCUT2D eigenvalue weighted by atomic mass is 10.0. The molecule has 0 aromatic heterocycles. The van der Waals surface area contributed by atoms with E-state index in [1.165, 1.54) is 18.2 Å². The minimum absolute atomic E-state index is 0.0891. The number of nitro benzene ring substituents is 1. The summed E-state index contributed by atoms with van der Waals surface area (Å²) in [5.74, 6) is -1.28. The monoisotopic (exact) mass is 391 g/mol. The molecule has 1 atom stereocenters. The molecular weight excluding hydrogens is 378 g/mol. The first kappa shape index (κ1) is 17.6. The van der Waals surface area contributed by atoms with E-state index in [1.807, 2.05) is 12.1 Å². The molecule has 0 bridgehead atoms. The van der Waals surface area contributed by atoms with E-state index >= 15 is 0 Å². The Morgan fingerprint density at radius 2 is 1.88 bits per heavy atom. The number of halogens is 1. The standard InChI is InChI=1S/C16H14BrN3O4/c17-12-6-4-10(5-7-12)8-14(15(18)21)19-16(22)11-2-1-3-13(9-11)20(23)24/h1-7,9,14H,8H2,(H2,18,21)(H,19,22)/t14-/m0/s1. The summed E-state index contributed by atoms with van der Waals surface area (Å²) in [5.41, 5.74) is 6.06. The van der Waals surface area contributed by atoms with Crippen LogP contribution in [0.1, 0.15) is 15.9 Å². The van der Waals surface area contributed by atoms with Gasteiger partial charge in [0, 0.05) is 28.6 Å². The largest absolute Gasteiger partial charge is 0.368 e. The van der Waals surface area contributed by atoms with Gasteiger partial charge in [0.15, 0.2) is 0 Å². The van der Waals surface area contributed by atoms with Crippen molar-refractivity contribution in [2.75, 3.05) is 0 Å². The molecule has 2 amide bonds. The van der Waals surface area contributed by atoms with E-state index in [9.17, 15) is 19.7 Å². The van der Waals surface area contributed by atoms with Crippen LogP contribution in [0.3, 0.4) is 0 Å². The Labute approximate surface area is 146 Å². The summed E-state index contributed by atoms with van der Waals surface area (Å²) in [6.07, 6.45) is 0.225. The van der Waals surface area contributed by atoms with Gasteiger partial charge in [-0.05, 0) is 23.8 Å². The predicted octanol–water partition coefficient (Wildman–Crippen LogP) is 2.18. The SMILES string of the molecule is NC(=O)[C@H](Cc1ccc(Br)cc1)NC(=O)c1cccc([N+](=O)[O-])c1. The number of carbonyl (C=O) groups is 2. The van der Waals surface area contributed by atoms with Gasteiger partial charge in [-0.2, -0.15) is 0 Å². The van der Waals surface area contributed by atoms with E-state index in [4.69, 9.17) is 5.73 Å². The van der Waals surface area contributed by atoms with Crippen LogP contribution in [-0.2, 0) is 11.2 Å². The van der Waals surface area contributed by atoms with Gasteiger partial charge in [0.1, 0.15) is 6.04 Å². The number of benzene rings is 2. The van der Waals surface area contributed by atoms with E-state index in [0.29, 0.717) is 0 Å². The van der Waals surface area contributed by atoms with Gasteiger partial charge in [0.25, 0.3) is 11.6 Å². The van der Waals surface area contributed by atoms with Crippen LogP contribution in [0.2, 0.25) is 0 Å². The molecule has 0 heterocycles. The molecule has 2 aromatic carbocycles. The lowest BCUT2D eigenvalue weighted by Crippen LogP contribution is -2.45. The molecule has 0 radical (unpaired) electrons. The van der Waals surface area contributed by atoms with Gasteiger partial charge in [0.2, 0.25) is 5.91 Å². The topological polar surface area (TPSA) is 115 Å². The van der Waals surface area contributed by atoms with Crippen LogP contribution in [0, 0.1) is 10.1 Å². The average Bonchev–Trinajstić information content (AvgIpc) is 2.56. The third-order valence-electron chi connectivity index (χ3n) is 3.32. The molecule has 2 rings (SSSR count). The van der Waals surface area contributed by atoms with Crippen molar-refractivity contribution in [3.63, 3.8) is 0 Å². The third-order valence-corrected chi connectivity index (χ3v) is 3.85. The van der Waals surface area contributed by atoms with Crippen molar-refractivity contribution >= 4 is 33.4 Å². The van der Waals surface area contributed by atoms with Crippen LogP contribution in [0.4, 0.5) is 5.69 Å². The molecule has 2 aromatic rings. The van der Waals surface area contributed by atoms with Crippen LogP contribution >= 0.6 is 15.9 Å². The molecule has 3 N–H and O–H groups in total. The molecule has 0 aliphatic heterocycles. The smallest absolute Gasteiger partial charge is 0.270 e. The van der Waals surface area contributed by atoms with Gasteiger partial charge < -0.3 is 11.1 Å². The first-order chi connectivity index (χ1) is 11.4. The van der Waals surface area contributed by atoms with Crippen molar-refractivity contribution in [1.82, 2.24) is 5.32 Å². The highest BCUT2D eigenvalue weighted by Gasteiger charge is 2.20. The molecule has 8 heteroatoms. The molecule has 0 fully saturated rings. The first-order valence-corrected chi connectivity index (χ1v) is 7.75. The Hall–Kier alpha value is -2.74. The zero-order chi connectivity index (χ0) is 17.7. The van der Waals surface area contributed by atoms with Crippen molar-refractivity contribution in [2.24, 2.45) is 5.73 Å². The molecule has 0 saturated carbocycles. The van der Waals surface area contributed by atoms with Crippen molar-refractivity contribution in [2.45, 2.75) is 12.5 Å². The van der Waals surface area contributed by atoms with Gasteiger partial charge in [-0.15, -0.1) is 0 Å². The van der Waals surface area contributed by atoms with Crippen LogP contribution in [0.5, 0.6) is 0 Å². The summed E-state index contributed by atoms with van der Waals surface area (Å²) in [7, 11) is 0. The number of rotatable bonds is 6. The zero-order valence-electron chi connectivity index (χ0n) is 12.4. The Kier molecular flexibility index (Phi) is 5.64. The molecule has 0 saturated heterocycles. The Morgan fingerprint density at radius 3 is 2.46 bits per heavy atom. The lowest BCUT2D eigenvalue weighted by Gasteiger charge is -2.15. The normalized spacial score (nSPS) is 11.5. The Morgan fingerprint density at radius 1 is 1.21 bits per heavy atom. The Balaban J connectivity index is 2.13. The molecule has 0 spiro atoms. The van der Waals surface area contributed by atoms with Gasteiger partial charge in [-0.25, -0.2) is 0 Å². The average molecular weight is 392 g/mol. The minimum atomic E-state index is -0.919. The van der Waals surface area contributed by atoms with E-state index in [1.54, 1.807) is 12.1 Å². The molecule has 0 aliphatic rings. The van der Waals surface area contributed by atoms with E-state index < -0.39 is 22.8 Å². The number of nitro groups is 1. The maximum atomic E-state index is 12.2. The van der Waals surface area contributed by atoms with Crippen LogP contribution < -0.4 is 11.1 Å².